The summed E-state index contributed by atoms with van der Waals surface area (Å²) in [6.45, 7) is 3.78. The van der Waals surface area contributed by atoms with Crippen LogP contribution in [-0.4, -0.2) is 28.9 Å². The molecule has 0 amide bonds. The van der Waals surface area contributed by atoms with Crippen LogP contribution in [0.4, 0.5) is 0 Å². The first-order valence-electron chi connectivity index (χ1n) is 7.91. The summed E-state index contributed by atoms with van der Waals surface area (Å²) < 4.78 is 12.9. The molecule has 4 heteroatoms. The van der Waals surface area contributed by atoms with Gasteiger partial charge in [0.2, 0.25) is 0 Å². The van der Waals surface area contributed by atoms with E-state index in [2.05, 4.69) is 35.2 Å². The van der Waals surface area contributed by atoms with E-state index in [4.69, 9.17) is 9.47 Å². The van der Waals surface area contributed by atoms with E-state index in [0.717, 1.165) is 34.7 Å². The molecular formula is C18H21IO3. The number of benzene rings is 1. The molecule has 1 aliphatic heterocycles. The first kappa shape index (κ1) is 14.8. The monoisotopic (exact) mass is 412 g/mol. The molecule has 118 valence electrons. The number of ether oxygens (including phenoxy) is 2. The molecule has 1 aromatic carbocycles. The molecule has 0 saturated heterocycles. The van der Waals surface area contributed by atoms with Crippen molar-refractivity contribution in [1.82, 2.24) is 0 Å². The zero-order chi connectivity index (χ0) is 15.5. The third-order valence-corrected chi connectivity index (χ3v) is 6.24. The van der Waals surface area contributed by atoms with Crippen LogP contribution in [0, 0.1) is 5.92 Å². The van der Waals surface area contributed by atoms with Gasteiger partial charge in [0, 0.05) is 15.4 Å². The van der Waals surface area contributed by atoms with Crippen molar-refractivity contribution in [3.63, 3.8) is 0 Å². The van der Waals surface area contributed by atoms with Gasteiger partial charge in [0.05, 0.1) is 7.11 Å². The highest BCUT2D eigenvalue weighted by Gasteiger charge is 2.61. The highest BCUT2D eigenvalue weighted by Crippen LogP contribution is 2.67. The Bertz CT molecular complexity index is 629. The third-order valence-electron chi connectivity index (χ3n) is 5.70. The second-order valence-corrected chi connectivity index (χ2v) is 7.81. The molecule has 1 aromatic rings. The fourth-order valence-corrected chi connectivity index (χ4v) is 5.62. The Morgan fingerprint density at radius 2 is 2.41 bits per heavy atom. The quantitative estimate of drug-likeness (QED) is 0.457. The molecule has 0 bridgehead atoms. The molecule has 1 N–H and O–H groups in total. The molecule has 4 rings (SSSR count). The largest absolute Gasteiger partial charge is 0.493 e. The number of alkyl halides is 1. The van der Waals surface area contributed by atoms with E-state index in [1.165, 1.54) is 17.5 Å². The molecule has 1 heterocycles. The van der Waals surface area contributed by atoms with E-state index in [1.807, 2.05) is 6.07 Å². The van der Waals surface area contributed by atoms with Crippen molar-refractivity contribution in [3.8, 4) is 11.5 Å². The van der Waals surface area contributed by atoms with Gasteiger partial charge in [-0.05, 0) is 42.7 Å². The average Bonchev–Trinajstić information content (AvgIpc) is 3.23. The summed E-state index contributed by atoms with van der Waals surface area (Å²) in [5, 5.41) is 10.5. The molecule has 1 unspecified atom stereocenters. The Hall–Kier alpha value is -0.750. The number of aliphatic hydroxyl groups excluding tert-OH is 1. The van der Waals surface area contributed by atoms with Gasteiger partial charge in [-0.2, -0.15) is 0 Å². The molecule has 1 fully saturated rings. The second-order valence-electron chi connectivity index (χ2n) is 6.73. The lowest BCUT2D eigenvalue weighted by atomic mass is 9.65. The highest BCUT2D eigenvalue weighted by molar-refractivity contribution is 14.1. The van der Waals surface area contributed by atoms with E-state index >= 15 is 0 Å². The minimum absolute atomic E-state index is 0.0916. The van der Waals surface area contributed by atoms with Gasteiger partial charge in [-0.3, -0.25) is 0 Å². The minimum atomic E-state index is -0.650. The molecule has 22 heavy (non-hydrogen) atoms. The second kappa shape index (κ2) is 5.13. The van der Waals surface area contributed by atoms with Crippen LogP contribution in [0.15, 0.2) is 24.8 Å². The summed E-state index contributed by atoms with van der Waals surface area (Å²) in [4.78, 5) is 0. The van der Waals surface area contributed by atoms with Crippen molar-refractivity contribution >= 4 is 22.6 Å². The molecule has 5 atom stereocenters. The van der Waals surface area contributed by atoms with Gasteiger partial charge >= 0.3 is 0 Å². The van der Waals surface area contributed by atoms with Crippen LogP contribution in [0.25, 0.3) is 0 Å². The van der Waals surface area contributed by atoms with Crippen molar-refractivity contribution in [1.29, 1.82) is 0 Å². The summed E-state index contributed by atoms with van der Waals surface area (Å²) in [5.74, 6) is 3.08. The lowest BCUT2D eigenvalue weighted by Gasteiger charge is -2.39. The van der Waals surface area contributed by atoms with Crippen molar-refractivity contribution in [2.75, 3.05) is 11.5 Å². The number of fused-ring (bicyclic) bond motifs is 2. The first-order valence-corrected chi connectivity index (χ1v) is 9.43. The number of rotatable bonds is 5. The lowest BCUT2D eigenvalue weighted by Crippen LogP contribution is -2.47. The molecule has 1 saturated carbocycles. The van der Waals surface area contributed by atoms with Gasteiger partial charge in [-0.15, -0.1) is 6.58 Å². The number of hydrogen-bond acceptors (Lipinski definition) is 3. The molecule has 0 radical (unpaired) electrons. The Labute approximate surface area is 144 Å². The van der Waals surface area contributed by atoms with Gasteiger partial charge in [-0.25, -0.2) is 0 Å². The molecule has 2 aliphatic carbocycles. The topological polar surface area (TPSA) is 38.7 Å². The lowest BCUT2D eigenvalue weighted by molar-refractivity contribution is 0.0237. The summed E-state index contributed by atoms with van der Waals surface area (Å²) in [5.41, 5.74) is 2.65. The maximum Gasteiger partial charge on any atom is 0.165 e. The fourth-order valence-electron chi connectivity index (χ4n) is 4.66. The van der Waals surface area contributed by atoms with Crippen LogP contribution in [-0.2, 0) is 5.41 Å². The van der Waals surface area contributed by atoms with E-state index in [1.54, 1.807) is 13.2 Å². The summed E-state index contributed by atoms with van der Waals surface area (Å²) in [6.07, 6.45) is 4.13. The van der Waals surface area contributed by atoms with Crippen LogP contribution >= 0.6 is 22.6 Å². The minimum Gasteiger partial charge on any atom is -0.493 e. The van der Waals surface area contributed by atoms with E-state index in [9.17, 15) is 5.11 Å². The van der Waals surface area contributed by atoms with Crippen LogP contribution in [0.5, 0.6) is 11.5 Å². The molecule has 0 spiro atoms. The zero-order valence-corrected chi connectivity index (χ0v) is 14.9. The summed E-state index contributed by atoms with van der Waals surface area (Å²) in [7, 11) is 1.68. The smallest absolute Gasteiger partial charge is 0.165 e. The summed E-state index contributed by atoms with van der Waals surface area (Å²) >= 11 is 2.43. The Balaban J connectivity index is 1.93. The zero-order valence-electron chi connectivity index (χ0n) is 12.7. The first-order chi connectivity index (χ1) is 10.7. The van der Waals surface area contributed by atoms with Crippen LogP contribution in [0.1, 0.15) is 36.3 Å². The van der Waals surface area contributed by atoms with E-state index in [-0.39, 0.29) is 11.5 Å². The number of aliphatic hydroxyl groups is 1. The van der Waals surface area contributed by atoms with Crippen molar-refractivity contribution < 1.29 is 14.6 Å². The Morgan fingerprint density at radius 1 is 1.59 bits per heavy atom. The van der Waals surface area contributed by atoms with Crippen molar-refractivity contribution in [2.45, 2.75) is 42.8 Å². The Morgan fingerprint density at radius 3 is 3.09 bits per heavy atom. The van der Waals surface area contributed by atoms with Gasteiger partial charge < -0.3 is 14.6 Å². The normalized spacial score (nSPS) is 35.1. The maximum atomic E-state index is 10.5. The molecule has 3 nitrogen and oxygen atoms in total. The highest BCUT2D eigenvalue weighted by atomic mass is 127. The average molecular weight is 412 g/mol. The van der Waals surface area contributed by atoms with Crippen molar-refractivity contribution in [3.05, 3.63) is 35.9 Å². The van der Waals surface area contributed by atoms with Crippen molar-refractivity contribution in [2.24, 2.45) is 5.92 Å². The predicted octanol–water partition coefficient (Wildman–Crippen LogP) is 3.57. The van der Waals surface area contributed by atoms with E-state index in [0.29, 0.717) is 5.92 Å². The van der Waals surface area contributed by atoms with Crippen LogP contribution in [0.3, 0.4) is 0 Å². The third kappa shape index (κ3) is 1.83. The molecule has 3 aliphatic rings. The number of methoxy groups -OCH3 is 1. The molecular weight excluding hydrogens is 391 g/mol. The van der Waals surface area contributed by atoms with Gasteiger partial charge in [0.25, 0.3) is 0 Å². The number of hydrogen-bond donors (Lipinski definition) is 1. The maximum absolute atomic E-state index is 10.5. The van der Waals surface area contributed by atoms with Crippen LogP contribution < -0.4 is 9.47 Å². The van der Waals surface area contributed by atoms with E-state index < -0.39 is 6.10 Å². The van der Waals surface area contributed by atoms with Gasteiger partial charge in [0.1, 0.15) is 12.2 Å². The standard InChI is InChI=1S/C18H21IO3/c1-3-13(20)17-18(6-7-19)9-10-8-12(10)11-4-5-14(21-2)16(22-17)15(11)18/h3-5,10,12-13,17,20H,1,6-9H2,2H3/t10-,12?,13-,17-,18-/m1/s1. The SMILES string of the molecule is C=C[C@@H](O)[C@H]1Oc2c(OC)ccc3c2[C@@]1(CCI)C[C@H]1CC31. The Kier molecular flexibility index (Phi) is 3.45. The number of halogens is 1. The summed E-state index contributed by atoms with van der Waals surface area (Å²) in [6, 6.07) is 4.24. The predicted molar refractivity (Wildman–Crippen MR) is 94.3 cm³/mol. The van der Waals surface area contributed by atoms with Crippen LogP contribution in [0.2, 0.25) is 0 Å². The molecule has 0 aromatic heterocycles. The fraction of sp³-hybridized carbons (Fsp3) is 0.556. The van der Waals surface area contributed by atoms with Gasteiger partial charge in [0.15, 0.2) is 11.5 Å². The van der Waals surface area contributed by atoms with Gasteiger partial charge in [-0.1, -0.05) is 34.7 Å².